The lowest BCUT2D eigenvalue weighted by Gasteiger charge is -2.31. The molecule has 3 aliphatic rings. The SMILES string of the molecule is CCc1cnc(N2CCC(COc3ccc(C4=CCC(C(=O)N5CCC(CO)C5)CC4)cc3)CC2)nc1. The monoisotopic (exact) mass is 504 g/mol. The molecule has 2 unspecified atom stereocenters. The largest absolute Gasteiger partial charge is 0.493 e. The first kappa shape index (κ1) is 25.7. The summed E-state index contributed by atoms with van der Waals surface area (Å²) in [4.78, 5) is 26.1. The van der Waals surface area contributed by atoms with Crippen molar-refractivity contribution >= 4 is 17.4 Å². The third-order valence-electron chi connectivity index (χ3n) is 8.32. The second-order valence-electron chi connectivity index (χ2n) is 10.8. The van der Waals surface area contributed by atoms with Gasteiger partial charge in [-0.1, -0.05) is 25.1 Å². The van der Waals surface area contributed by atoms with E-state index in [2.05, 4.69) is 52.1 Å². The number of aliphatic hydroxyl groups excluding tert-OH is 1. The van der Waals surface area contributed by atoms with Crippen molar-refractivity contribution < 1.29 is 14.6 Å². The van der Waals surface area contributed by atoms with Crippen LogP contribution in [0.15, 0.2) is 42.7 Å². The van der Waals surface area contributed by atoms with E-state index >= 15 is 0 Å². The Morgan fingerprint density at radius 1 is 1.03 bits per heavy atom. The van der Waals surface area contributed by atoms with E-state index in [4.69, 9.17) is 4.74 Å². The molecule has 0 spiro atoms. The maximum atomic E-state index is 12.9. The molecule has 1 aliphatic carbocycles. The Hall–Kier alpha value is -2.93. The Balaban J connectivity index is 1.06. The Morgan fingerprint density at radius 2 is 1.76 bits per heavy atom. The van der Waals surface area contributed by atoms with Gasteiger partial charge in [-0.25, -0.2) is 9.97 Å². The fourth-order valence-corrected chi connectivity index (χ4v) is 5.73. The number of aliphatic hydroxyl groups is 1. The number of hydrogen-bond acceptors (Lipinski definition) is 6. The molecule has 37 heavy (non-hydrogen) atoms. The number of carbonyl (C=O) groups excluding carboxylic acids is 1. The molecule has 2 atom stereocenters. The number of benzene rings is 1. The normalized spacial score (nSPS) is 22.7. The van der Waals surface area contributed by atoms with Crippen LogP contribution in [0.3, 0.4) is 0 Å². The molecular formula is C30H40N4O3. The number of nitrogens with zero attached hydrogens (tertiary/aromatic N) is 4. The van der Waals surface area contributed by atoms with Gasteiger partial charge in [-0.2, -0.15) is 0 Å². The first-order valence-corrected chi connectivity index (χ1v) is 14.0. The van der Waals surface area contributed by atoms with Crippen LogP contribution in [0.2, 0.25) is 0 Å². The lowest BCUT2D eigenvalue weighted by Crippen LogP contribution is -2.36. The third-order valence-corrected chi connectivity index (χ3v) is 8.32. The molecule has 0 bridgehead atoms. The smallest absolute Gasteiger partial charge is 0.226 e. The lowest BCUT2D eigenvalue weighted by atomic mass is 9.86. The van der Waals surface area contributed by atoms with Crippen LogP contribution in [0.4, 0.5) is 5.95 Å². The highest BCUT2D eigenvalue weighted by Gasteiger charge is 2.31. The van der Waals surface area contributed by atoms with Crippen LogP contribution < -0.4 is 9.64 Å². The molecule has 0 saturated carbocycles. The Bertz CT molecular complexity index is 1060. The highest BCUT2D eigenvalue weighted by Crippen LogP contribution is 2.33. The molecule has 3 heterocycles. The van der Waals surface area contributed by atoms with Gasteiger partial charge in [0.15, 0.2) is 0 Å². The summed E-state index contributed by atoms with van der Waals surface area (Å²) in [6, 6.07) is 8.45. The number of likely N-dealkylation sites (tertiary alicyclic amines) is 1. The maximum absolute atomic E-state index is 12.9. The van der Waals surface area contributed by atoms with E-state index in [0.717, 1.165) is 82.9 Å². The van der Waals surface area contributed by atoms with Crippen LogP contribution in [0.1, 0.15) is 56.6 Å². The lowest BCUT2D eigenvalue weighted by molar-refractivity contribution is -0.134. The Labute approximate surface area is 220 Å². The van der Waals surface area contributed by atoms with Crippen LogP contribution in [-0.2, 0) is 11.2 Å². The zero-order chi connectivity index (χ0) is 25.6. The first-order chi connectivity index (χ1) is 18.1. The van der Waals surface area contributed by atoms with Gasteiger partial charge in [0.1, 0.15) is 5.75 Å². The summed E-state index contributed by atoms with van der Waals surface area (Å²) >= 11 is 0. The predicted octanol–water partition coefficient (Wildman–Crippen LogP) is 4.36. The summed E-state index contributed by atoms with van der Waals surface area (Å²) < 4.78 is 6.15. The minimum Gasteiger partial charge on any atom is -0.493 e. The molecule has 2 saturated heterocycles. The number of ether oxygens (including phenoxy) is 1. The number of anilines is 1. The van der Waals surface area contributed by atoms with Gasteiger partial charge in [0.25, 0.3) is 0 Å². The fraction of sp³-hybridized carbons (Fsp3) is 0.567. The average Bonchev–Trinajstić information content (AvgIpc) is 3.46. The molecule has 5 rings (SSSR count). The molecule has 1 aromatic heterocycles. The van der Waals surface area contributed by atoms with E-state index in [1.165, 1.54) is 16.7 Å². The number of piperidine rings is 1. The standard InChI is InChI=1S/C30H40N4O3/c1-2-22-17-31-30(32-18-22)33-14-11-23(12-15-33)21-37-28-9-7-26(8-10-28)25-3-5-27(6-4-25)29(36)34-16-13-24(19-34)20-35/h3,7-10,17-18,23-24,27,35H,2,4-6,11-16,19-21H2,1H3. The number of rotatable bonds is 8. The van der Waals surface area contributed by atoms with Gasteiger partial charge < -0.3 is 19.6 Å². The van der Waals surface area contributed by atoms with E-state index in [1.807, 2.05) is 17.3 Å². The summed E-state index contributed by atoms with van der Waals surface area (Å²) in [6.45, 7) is 6.48. The predicted molar refractivity (Wildman–Crippen MR) is 145 cm³/mol. The van der Waals surface area contributed by atoms with Gasteiger partial charge in [0, 0.05) is 57.0 Å². The number of hydrogen-bond donors (Lipinski definition) is 1. The van der Waals surface area contributed by atoms with Crippen molar-refractivity contribution in [3.63, 3.8) is 0 Å². The quantitative estimate of drug-likeness (QED) is 0.576. The fourth-order valence-electron chi connectivity index (χ4n) is 5.73. The number of amides is 1. The van der Waals surface area contributed by atoms with Crippen molar-refractivity contribution in [3.05, 3.63) is 53.9 Å². The van der Waals surface area contributed by atoms with Gasteiger partial charge >= 0.3 is 0 Å². The summed E-state index contributed by atoms with van der Waals surface area (Å²) in [5, 5.41) is 9.36. The van der Waals surface area contributed by atoms with Gasteiger partial charge in [0.05, 0.1) is 6.61 Å². The van der Waals surface area contributed by atoms with Crippen LogP contribution in [0.25, 0.3) is 5.57 Å². The summed E-state index contributed by atoms with van der Waals surface area (Å²) in [7, 11) is 0. The number of carbonyl (C=O) groups is 1. The zero-order valence-corrected chi connectivity index (χ0v) is 22.0. The zero-order valence-electron chi connectivity index (χ0n) is 22.0. The van der Waals surface area contributed by atoms with Crippen LogP contribution in [0, 0.1) is 17.8 Å². The molecule has 1 amide bonds. The Morgan fingerprint density at radius 3 is 2.38 bits per heavy atom. The van der Waals surface area contributed by atoms with E-state index in [0.29, 0.717) is 12.5 Å². The highest BCUT2D eigenvalue weighted by atomic mass is 16.5. The number of aromatic nitrogens is 2. The molecule has 1 aromatic carbocycles. The van der Waals surface area contributed by atoms with E-state index in [9.17, 15) is 9.90 Å². The van der Waals surface area contributed by atoms with Gasteiger partial charge in [-0.3, -0.25) is 4.79 Å². The van der Waals surface area contributed by atoms with Gasteiger partial charge in [-0.05, 0) is 79.7 Å². The molecule has 2 fully saturated rings. The topological polar surface area (TPSA) is 78.8 Å². The van der Waals surface area contributed by atoms with Crippen molar-refractivity contribution in [2.75, 3.05) is 44.3 Å². The number of aryl methyl sites for hydroxylation is 1. The maximum Gasteiger partial charge on any atom is 0.226 e. The van der Waals surface area contributed by atoms with Crippen LogP contribution in [-0.4, -0.2) is 65.3 Å². The van der Waals surface area contributed by atoms with Crippen LogP contribution >= 0.6 is 0 Å². The van der Waals surface area contributed by atoms with Gasteiger partial charge in [0.2, 0.25) is 11.9 Å². The molecule has 0 radical (unpaired) electrons. The molecule has 2 aliphatic heterocycles. The van der Waals surface area contributed by atoms with Crippen molar-refractivity contribution in [1.82, 2.24) is 14.9 Å². The molecule has 7 nitrogen and oxygen atoms in total. The summed E-state index contributed by atoms with van der Waals surface area (Å²) in [6.07, 6.45) is 12.8. The van der Waals surface area contributed by atoms with E-state index in [1.54, 1.807) is 0 Å². The Kier molecular flexibility index (Phi) is 8.39. The minimum atomic E-state index is 0.0810. The van der Waals surface area contributed by atoms with Gasteiger partial charge in [-0.15, -0.1) is 0 Å². The van der Waals surface area contributed by atoms with Crippen molar-refractivity contribution in [3.8, 4) is 5.75 Å². The molecular weight excluding hydrogens is 464 g/mol. The first-order valence-electron chi connectivity index (χ1n) is 14.0. The minimum absolute atomic E-state index is 0.0810. The second kappa shape index (κ2) is 12.1. The average molecular weight is 505 g/mol. The van der Waals surface area contributed by atoms with Crippen molar-refractivity contribution in [2.24, 2.45) is 17.8 Å². The van der Waals surface area contributed by atoms with Crippen molar-refractivity contribution in [1.29, 1.82) is 0 Å². The highest BCUT2D eigenvalue weighted by molar-refractivity contribution is 5.81. The molecule has 198 valence electrons. The second-order valence-corrected chi connectivity index (χ2v) is 10.8. The number of allylic oxidation sites excluding steroid dienone is 2. The molecule has 1 N–H and O–H groups in total. The third kappa shape index (κ3) is 6.32. The van der Waals surface area contributed by atoms with Crippen molar-refractivity contribution in [2.45, 2.75) is 51.9 Å². The summed E-state index contributed by atoms with van der Waals surface area (Å²) in [5.41, 5.74) is 3.72. The van der Waals surface area contributed by atoms with E-state index < -0.39 is 0 Å². The van der Waals surface area contributed by atoms with Crippen LogP contribution in [0.5, 0.6) is 5.75 Å². The molecule has 7 heteroatoms. The van der Waals surface area contributed by atoms with E-state index in [-0.39, 0.29) is 24.3 Å². The summed E-state index contributed by atoms with van der Waals surface area (Å²) in [5.74, 6) is 2.91. The molecule has 2 aromatic rings.